The van der Waals surface area contributed by atoms with Gasteiger partial charge in [-0.15, -0.1) is 0 Å². The van der Waals surface area contributed by atoms with E-state index in [1.165, 1.54) is 42.6 Å². The SMILES string of the molecule is Cc1nc2ccc(F)cn2c1C(=O)NCCCCN1CCCC1. The smallest absolute Gasteiger partial charge is 0.270 e. The molecule has 3 heterocycles. The summed E-state index contributed by atoms with van der Waals surface area (Å²) in [6.07, 6.45) is 5.95. The Morgan fingerprint density at radius 3 is 2.87 bits per heavy atom. The second-order valence-electron chi connectivity index (χ2n) is 6.13. The van der Waals surface area contributed by atoms with E-state index in [1.807, 2.05) is 0 Å². The van der Waals surface area contributed by atoms with Crippen LogP contribution in [0.1, 0.15) is 41.9 Å². The molecule has 0 bridgehead atoms. The fraction of sp³-hybridized carbons (Fsp3) is 0.529. The highest BCUT2D eigenvalue weighted by molar-refractivity contribution is 5.94. The summed E-state index contributed by atoms with van der Waals surface area (Å²) in [5, 5.41) is 2.92. The number of likely N-dealkylation sites (tertiary alicyclic amines) is 1. The van der Waals surface area contributed by atoms with Crippen molar-refractivity contribution in [3.63, 3.8) is 0 Å². The van der Waals surface area contributed by atoms with Crippen LogP contribution in [0.2, 0.25) is 0 Å². The lowest BCUT2D eigenvalue weighted by molar-refractivity contribution is 0.0946. The van der Waals surface area contributed by atoms with E-state index < -0.39 is 0 Å². The molecule has 1 aliphatic heterocycles. The van der Waals surface area contributed by atoms with Crippen molar-refractivity contribution < 1.29 is 9.18 Å². The van der Waals surface area contributed by atoms with Crippen LogP contribution < -0.4 is 5.32 Å². The molecular formula is C17H23FN4O. The Kier molecular flexibility index (Phi) is 4.91. The van der Waals surface area contributed by atoms with Gasteiger partial charge in [-0.3, -0.25) is 9.20 Å². The molecule has 0 aromatic carbocycles. The average Bonchev–Trinajstić information content (AvgIpc) is 3.13. The van der Waals surface area contributed by atoms with Crippen LogP contribution in [-0.2, 0) is 0 Å². The van der Waals surface area contributed by atoms with E-state index >= 15 is 0 Å². The van der Waals surface area contributed by atoms with Crippen LogP contribution in [0.5, 0.6) is 0 Å². The van der Waals surface area contributed by atoms with Crippen molar-refractivity contribution in [1.29, 1.82) is 0 Å². The first kappa shape index (κ1) is 15.9. The molecule has 2 aromatic rings. The van der Waals surface area contributed by atoms with Crippen LogP contribution >= 0.6 is 0 Å². The number of carbonyl (C=O) groups excluding carboxylic acids is 1. The number of unbranched alkanes of at least 4 members (excludes halogenated alkanes) is 1. The Balaban J connectivity index is 1.53. The van der Waals surface area contributed by atoms with Crippen molar-refractivity contribution in [2.24, 2.45) is 0 Å². The molecule has 23 heavy (non-hydrogen) atoms. The van der Waals surface area contributed by atoms with Crippen LogP contribution in [0.25, 0.3) is 5.65 Å². The maximum Gasteiger partial charge on any atom is 0.270 e. The van der Waals surface area contributed by atoms with Gasteiger partial charge in [-0.25, -0.2) is 9.37 Å². The molecule has 1 aliphatic rings. The molecule has 0 aliphatic carbocycles. The van der Waals surface area contributed by atoms with Crippen LogP contribution in [0.3, 0.4) is 0 Å². The van der Waals surface area contributed by atoms with Gasteiger partial charge < -0.3 is 10.2 Å². The summed E-state index contributed by atoms with van der Waals surface area (Å²) in [4.78, 5) is 19.1. The summed E-state index contributed by atoms with van der Waals surface area (Å²) in [6.45, 7) is 5.93. The van der Waals surface area contributed by atoms with Crippen molar-refractivity contribution in [2.45, 2.75) is 32.6 Å². The number of halogens is 1. The van der Waals surface area contributed by atoms with Crippen LogP contribution in [-0.4, -0.2) is 46.4 Å². The lowest BCUT2D eigenvalue weighted by atomic mass is 10.2. The molecule has 5 nitrogen and oxygen atoms in total. The third kappa shape index (κ3) is 3.69. The number of nitrogens with zero attached hydrogens (tertiary/aromatic N) is 3. The first-order valence-electron chi connectivity index (χ1n) is 8.30. The summed E-state index contributed by atoms with van der Waals surface area (Å²) in [6, 6.07) is 2.93. The van der Waals surface area contributed by atoms with Crippen LogP contribution in [0, 0.1) is 12.7 Å². The van der Waals surface area contributed by atoms with E-state index in [-0.39, 0.29) is 11.7 Å². The molecule has 1 N–H and O–H groups in total. The lowest BCUT2D eigenvalue weighted by Crippen LogP contribution is -2.27. The molecule has 0 radical (unpaired) electrons. The largest absolute Gasteiger partial charge is 0.351 e. The summed E-state index contributed by atoms with van der Waals surface area (Å²) in [7, 11) is 0. The summed E-state index contributed by atoms with van der Waals surface area (Å²) in [5.41, 5.74) is 1.62. The Labute approximate surface area is 135 Å². The van der Waals surface area contributed by atoms with Gasteiger partial charge in [0.25, 0.3) is 5.91 Å². The van der Waals surface area contributed by atoms with Crippen LogP contribution in [0.4, 0.5) is 4.39 Å². The number of amides is 1. The highest BCUT2D eigenvalue weighted by atomic mass is 19.1. The first-order chi connectivity index (χ1) is 11.1. The van der Waals surface area contributed by atoms with E-state index in [9.17, 15) is 9.18 Å². The highest BCUT2D eigenvalue weighted by Gasteiger charge is 2.16. The van der Waals surface area contributed by atoms with Gasteiger partial charge in [0.2, 0.25) is 0 Å². The normalized spacial score (nSPS) is 15.4. The highest BCUT2D eigenvalue weighted by Crippen LogP contribution is 2.13. The third-order valence-corrected chi connectivity index (χ3v) is 4.36. The molecule has 1 amide bonds. The molecule has 6 heteroatoms. The van der Waals surface area contributed by atoms with E-state index in [2.05, 4.69) is 15.2 Å². The van der Waals surface area contributed by atoms with Gasteiger partial charge in [0.15, 0.2) is 0 Å². The van der Waals surface area contributed by atoms with Crippen LogP contribution in [0.15, 0.2) is 18.3 Å². The number of hydrogen-bond donors (Lipinski definition) is 1. The second kappa shape index (κ2) is 7.08. The molecule has 2 aromatic heterocycles. The monoisotopic (exact) mass is 318 g/mol. The maximum atomic E-state index is 13.4. The average molecular weight is 318 g/mol. The quantitative estimate of drug-likeness (QED) is 0.832. The Morgan fingerprint density at radius 1 is 1.30 bits per heavy atom. The molecule has 0 saturated carbocycles. The minimum Gasteiger partial charge on any atom is -0.351 e. The standard InChI is InChI=1S/C17H23FN4O/c1-13-16(22-12-14(18)6-7-15(22)20-13)17(23)19-8-2-3-9-21-10-4-5-11-21/h6-7,12H,2-5,8-11H2,1H3,(H,19,23). The van der Waals surface area contributed by atoms with E-state index in [0.717, 1.165) is 19.4 Å². The second-order valence-corrected chi connectivity index (χ2v) is 6.13. The fourth-order valence-electron chi connectivity index (χ4n) is 3.16. The maximum absolute atomic E-state index is 13.4. The van der Waals surface area contributed by atoms with Crippen molar-refractivity contribution >= 4 is 11.6 Å². The van der Waals surface area contributed by atoms with E-state index in [1.54, 1.807) is 13.0 Å². The predicted octanol–water partition coefficient (Wildman–Crippen LogP) is 2.39. The zero-order valence-corrected chi connectivity index (χ0v) is 13.5. The molecular weight excluding hydrogens is 295 g/mol. The minimum absolute atomic E-state index is 0.193. The number of aryl methyl sites for hydroxylation is 1. The zero-order valence-electron chi connectivity index (χ0n) is 13.5. The summed E-state index contributed by atoms with van der Waals surface area (Å²) in [5.74, 6) is -0.573. The van der Waals surface area contributed by atoms with Gasteiger partial charge >= 0.3 is 0 Å². The Morgan fingerprint density at radius 2 is 2.09 bits per heavy atom. The molecule has 1 saturated heterocycles. The van der Waals surface area contributed by atoms with Crippen molar-refractivity contribution in [2.75, 3.05) is 26.2 Å². The van der Waals surface area contributed by atoms with E-state index in [4.69, 9.17) is 0 Å². The van der Waals surface area contributed by atoms with Crippen molar-refractivity contribution in [1.82, 2.24) is 19.6 Å². The minimum atomic E-state index is -0.380. The molecule has 3 rings (SSSR count). The number of imidazole rings is 1. The molecule has 0 atom stereocenters. The lowest BCUT2D eigenvalue weighted by Gasteiger charge is -2.14. The number of aromatic nitrogens is 2. The fourth-order valence-corrected chi connectivity index (χ4v) is 3.16. The van der Waals surface area contributed by atoms with Gasteiger partial charge in [-0.1, -0.05) is 0 Å². The van der Waals surface area contributed by atoms with Gasteiger partial charge in [-0.2, -0.15) is 0 Å². The summed E-state index contributed by atoms with van der Waals surface area (Å²) >= 11 is 0. The van der Waals surface area contributed by atoms with Crippen molar-refractivity contribution in [3.05, 3.63) is 35.5 Å². The van der Waals surface area contributed by atoms with Gasteiger partial charge in [0.05, 0.1) is 5.69 Å². The van der Waals surface area contributed by atoms with Gasteiger partial charge in [0, 0.05) is 12.7 Å². The zero-order chi connectivity index (χ0) is 16.2. The number of nitrogens with one attached hydrogen (secondary N) is 1. The van der Waals surface area contributed by atoms with Crippen molar-refractivity contribution in [3.8, 4) is 0 Å². The Hall–Kier alpha value is -1.95. The van der Waals surface area contributed by atoms with E-state index in [0.29, 0.717) is 23.6 Å². The molecule has 1 fully saturated rings. The number of carbonyl (C=O) groups is 1. The van der Waals surface area contributed by atoms with Gasteiger partial charge in [-0.05, 0) is 64.4 Å². The topological polar surface area (TPSA) is 49.6 Å². The summed E-state index contributed by atoms with van der Waals surface area (Å²) < 4.78 is 14.9. The van der Waals surface area contributed by atoms with Gasteiger partial charge in [0.1, 0.15) is 17.2 Å². The molecule has 0 unspecified atom stereocenters. The number of fused-ring (bicyclic) bond motifs is 1. The molecule has 124 valence electrons. The first-order valence-corrected chi connectivity index (χ1v) is 8.30. The number of pyridine rings is 1. The predicted molar refractivity (Wildman–Crippen MR) is 87.1 cm³/mol. The number of rotatable bonds is 6. The third-order valence-electron chi connectivity index (χ3n) is 4.36. The molecule has 0 spiro atoms. The number of hydrogen-bond acceptors (Lipinski definition) is 3. The Bertz CT molecular complexity index is 691.